The first-order valence-electron chi connectivity index (χ1n) is 12.3. The maximum absolute atomic E-state index is 13.0. The van der Waals surface area contributed by atoms with Gasteiger partial charge in [0, 0.05) is 5.92 Å². The molecule has 4 fully saturated rings. The van der Waals surface area contributed by atoms with Crippen LogP contribution in [0.5, 0.6) is 0 Å². The second-order valence-electron chi connectivity index (χ2n) is 11.7. The zero-order valence-corrected chi connectivity index (χ0v) is 19.5. The first-order valence-corrected chi connectivity index (χ1v) is 12.3. The van der Waals surface area contributed by atoms with Gasteiger partial charge < -0.3 is 15.3 Å². The van der Waals surface area contributed by atoms with Crippen LogP contribution in [0.4, 0.5) is 0 Å². The molecule has 0 aromatic carbocycles. The molecular weight excluding hydrogens is 376 g/mol. The zero-order chi connectivity index (χ0) is 22.0. The first-order chi connectivity index (χ1) is 14.0. The summed E-state index contributed by atoms with van der Waals surface area (Å²) in [5.41, 5.74) is 0.879. The lowest BCUT2D eigenvalue weighted by Gasteiger charge is -2.61. The fourth-order valence-corrected chi connectivity index (χ4v) is 8.85. The van der Waals surface area contributed by atoms with E-state index >= 15 is 0 Å². The predicted octanol–water partition coefficient (Wildman–Crippen LogP) is 4.12. The Morgan fingerprint density at radius 3 is 2.37 bits per heavy atom. The fourth-order valence-electron chi connectivity index (χ4n) is 8.85. The molecule has 0 spiro atoms. The van der Waals surface area contributed by atoms with Gasteiger partial charge in [0.05, 0.1) is 18.3 Å². The van der Waals surface area contributed by atoms with Crippen LogP contribution in [0, 0.1) is 46.3 Å². The van der Waals surface area contributed by atoms with Gasteiger partial charge in [0.2, 0.25) is 0 Å². The number of carbonyl (C=O) groups is 1. The first kappa shape index (κ1) is 22.5. The molecular formula is C26H42O4. The van der Waals surface area contributed by atoms with Crippen LogP contribution in [0.1, 0.15) is 79.6 Å². The summed E-state index contributed by atoms with van der Waals surface area (Å²) in [6.07, 6.45) is 6.83. The summed E-state index contributed by atoms with van der Waals surface area (Å²) >= 11 is 0. The summed E-state index contributed by atoms with van der Waals surface area (Å²) in [6, 6.07) is 0. The van der Waals surface area contributed by atoms with E-state index in [0.29, 0.717) is 30.6 Å². The predicted molar refractivity (Wildman–Crippen MR) is 118 cm³/mol. The van der Waals surface area contributed by atoms with Gasteiger partial charge >= 0.3 is 0 Å². The average molecular weight is 419 g/mol. The van der Waals surface area contributed by atoms with Gasteiger partial charge in [-0.2, -0.15) is 0 Å². The smallest absolute Gasteiger partial charge is 0.161 e. The molecule has 0 aliphatic heterocycles. The molecule has 0 unspecified atom stereocenters. The highest BCUT2D eigenvalue weighted by Gasteiger charge is 2.64. The van der Waals surface area contributed by atoms with Crippen molar-refractivity contribution >= 4 is 5.78 Å². The van der Waals surface area contributed by atoms with Crippen molar-refractivity contribution in [3.63, 3.8) is 0 Å². The number of ketones is 1. The number of rotatable bonds is 3. The molecule has 4 rings (SSSR count). The summed E-state index contributed by atoms with van der Waals surface area (Å²) in [7, 11) is 0. The minimum Gasteiger partial charge on any atom is -0.393 e. The van der Waals surface area contributed by atoms with Gasteiger partial charge in [0.25, 0.3) is 0 Å². The molecule has 30 heavy (non-hydrogen) atoms. The topological polar surface area (TPSA) is 77.8 Å². The van der Waals surface area contributed by atoms with E-state index in [2.05, 4.69) is 20.8 Å². The van der Waals surface area contributed by atoms with Crippen LogP contribution in [0.2, 0.25) is 0 Å². The third-order valence-corrected chi connectivity index (χ3v) is 10.6. The Hall–Kier alpha value is -0.710. The van der Waals surface area contributed by atoms with Gasteiger partial charge in [0.1, 0.15) is 0 Å². The van der Waals surface area contributed by atoms with E-state index in [1.165, 1.54) is 0 Å². The van der Waals surface area contributed by atoms with E-state index in [-0.39, 0.29) is 40.5 Å². The van der Waals surface area contributed by atoms with Gasteiger partial charge in [-0.25, -0.2) is 0 Å². The molecule has 0 aromatic rings. The summed E-state index contributed by atoms with van der Waals surface area (Å²) < 4.78 is 0. The maximum atomic E-state index is 13.0. The molecule has 0 saturated heterocycles. The lowest BCUT2D eigenvalue weighted by Crippen LogP contribution is -2.57. The van der Waals surface area contributed by atoms with Crippen molar-refractivity contribution in [2.45, 2.75) is 97.9 Å². The molecule has 3 N–H and O–H groups in total. The minimum absolute atomic E-state index is 0.000323. The average Bonchev–Trinajstić information content (AvgIpc) is 2.98. The summed E-state index contributed by atoms with van der Waals surface area (Å²) in [6.45, 7) is 10.6. The van der Waals surface area contributed by atoms with Crippen molar-refractivity contribution in [2.75, 3.05) is 0 Å². The Morgan fingerprint density at radius 2 is 1.70 bits per heavy atom. The molecule has 11 atom stereocenters. The van der Waals surface area contributed by atoms with Crippen molar-refractivity contribution in [3.8, 4) is 0 Å². The molecule has 170 valence electrons. The van der Waals surface area contributed by atoms with Crippen molar-refractivity contribution in [1.82, 2.24) is 0 Å². The van der Waals surface area contributed by atoms with Gasteiger partial charge in [-0.1, -0.05) is 26.8 Å². The molecule has 4 nitrogen and oxygen atoms in total. The van der Waals surface area contributed by atoms with Crippen LogP contribution in [-0.2, 0) is 4.79 Å². The Kier molecular flexibility index (Phi) is 5.77. The van der Waals surface area contributed by atoms with E-state index in [1.807, 2.05) is 19.9 Å². The third kappa shape index (κ3) is 3.16. The quantitative estimate of drug-likeness (QED) is 0.603. The molecule has 4 aliphatic carbocycles. The van der Waals surface area contributed by atoms with Gasteiger partial charge in [-0.3, -0.25) is 4.79 Å². The SMILES string of the molecule is C/C=C(\C)C(=O)[C@@H](C)[C@H]1C[C@@H](O)[C@H]2[C@@H]3CC[C@@H]4C[C@H](O)[C@H](O)C[C@]4(C)[C@H]3CC[C@@]21C. The Labute approximate surface area is 182 Å². The lowest BCUT2D eigenvalue weighted by molar-refractivity contribution is -0.169. The number of aliphatic hydroxyl groups is 3. The molecule has 0 aromatic heterocycles. The minimum atomic E-state index is -0.624. The highest BCUT2D eigenvalue weighted by molar-refractivity contribution is 5.96. The number of allylic oxidation sites excluding steroid dienone is 2. The monoisotopic (exact) mass is 418 g/mol. The third-order valence-electron chi connectivity index (χ3n) is 10.6. The molecule has 0 radical (unpaired) electrons. The van der Waals surface area contributed by atoms with Gasteiger partial charge in [-0.05, 0) is 105 Å². The number of fused-ring (bicyclic) bond motifs is 5. The van der Waals surface area contributed by atoms with Crippen molar-refractivity contribution in [1.29, 1.82) is 0 Å². The standard InChI is InChI=1S/C26H42O4/c1-6-14(2)24(30)15(3)19-12-21(28)23-17-8-7-16-11-20(27)22(29)13-26(16,5)18(17)9-10-25(19,23)4/h6,15-23,27-29H,7-13H2,1-5H3/b14-6+/t15-,16+,17+,18-,19+,20-,21+,22+,23+,25+,26-/m0/s1. The highest BCUT2D eigenvalue weighted by atomic mass is 16.3. The van der Waals surface area contributed by atoms with E-state index in [1.54, 1.807) is 0 Å². The molecule has 4 heteroatoms. The van der Waals surface area contributed by atoms with E-state index < -0.39 is 12.2 Å². The summed E-state index contributed by atoms with van der Waals surface area (Å²) in [5, 5.41) is 32.0. The Morgan fingerprint density at radius 1 is 1.00 bits per heavy atom. The van der Waals surface area contributed by atoms with Crippen LogP contribution in [0.25, 0.3) is 0 Å². The maximum Gasteiger partial charge on any atom is 0.161 e. The van der Waals surface area contributed by atoms with Crippen LogP contribution >= 0.6 is 0 Å². The number of Topliss-reactive ketones (excluding diaryl/α,β-unsaturated/α-hetero) is 1. The van der Waals surface area contributed by atoms with Crippen molar-refractivity contribution in [3.05, 3.63) is 11.6 Å². The van der Waals surface area contributed by atoms with Crippen LogP contribution in [-0.4, -0.2) is 39.4 Å². The fraction of sp³-hybridized carbons (Fsp3) is 0.885. The molecule has 0 bridgehead atoms. The summed E-state index contributed by atoms with van der Waals surface area (Å²) in [5.74, 6) is 2.06. The largest absolute Gasteiger partial charge is 0.393 e. The number of hydrogen-bond acceptors (Lipinski definition) is 4. The van der Waals surface area contributed by atoms with Gasteiger partial charge in [-0.15, -0.1) is 0 Å². The second-order valence-corrected chi connectivity index (χ2v) is 11.7. The molecule has 4 saturated carbocycles. The van der Waals surface area contributed by atoms with Crippen LogP contribution in [0.15, 0.2) is 11.6 Å². The van der Waals surface area contributed by atoms with Crippen molar-refractivity contribution < 1.29 is 20.1 Å². The van der Waals surface area contributed by atoms with E-state index in [4.69, 9.17) is 0 Å². The Bertz CT molecular complexity index is 716. The van der Waals surface area contributed by atoms with Crippen LogP contribution < -0.4 is 0 Å². The zero-order valence-electron chi connectivity index (χ0n) is 19.5. The number of aliphatic hydroxyl groups excluding tert-OH is 3. The van der Waals surface area contributed by atoms with Crippen LogP contribution in [0.3, 0.4) is 0 Å². The lowest BCUT2D eigenvalue weighted by atomic mass is 9.44. The van der Waals surface area contributed by atoms with Gasteiger partial charge in [0.15, 0.2) is 5.78 Å². The molecule has 4 aliphatic rings. The number of hydrogen-bond donors (Lipinski definition) is 3. The number of carbonyl (C=O) groups excluding carboxylic acids is 1. The van der Waals surface area contributed by atoms with E-state index in [0.717, 1.165) is 37.7 Å². The summed E-state index contributed by atoms with van der Waals surface area (Å²) in [4.78, 5) is 13.0. The molecule has 0 amide bonds. The highest BCUT2D eigenvalue weighted by Crippen LogP contribution is 2.68. The Balaban J connectivity index is 1.62. The van der Waals surface area contributed by atoms with Crippen molar-refractivity contribution in [2.24, 2.45) is 46.3 Å². The normalized spacial score (nSPS) is 52.2. The van der Waals surface area contributed by atoms with E-state index in [9.17, 15) is 20.1 Å². The molecule has 0 heterocycles. The second kappa shape index (κ2) is 7.71.